The quantitative estimate of drug-likeness (QED) is 0.892. The number of imidazole rings is 1. The second kappa shape index (κ2) is 7.07. The molecular weight excluding hydrogens is 332 g/mol. The number of amides is 2. The SMILES string of the molecule is O=C(c1cn2ccccc2n1)N1CCC2C(CCC(=O)N2CCCO)C1. The Morgan fingerprint density at radius 3 is 3.00 bits per heavy atom. The lowest BCUT2D eigenvalue weighted by molar-refractivity contribution is -0.140. The molecule has 0 saturated carbocycles. The molecular formula is C19H24N4O3. The average molecular weight is 356 g/mol. The van der Waals surface area contributed by atoms with Crippen LogP contribution in [0.4, 0.5) is 0 Å². The van der Waals surface area contributed by atoms with E-state index < -0.39 is 0 Å². The number of aliphatic hydroxyl groups is 1. The van der Waals surface area contributed by atoms with Crippen molar-refractivity contribution < 1.29 is 14.7 Å². The molecule has 2 saturated heterocycles. The van der Waals surface area contributed by atoms with E-state index in [4.69, 9.17) is 5.11 Å². The first-order valence-electron chi connectivity index (χ1n) is 9.30. The fraction of sp³-hybridized carbons (Fsp3) is 0.526. The standard InChI is InChI=1S/C19H24N4O3/c24-11-3-9-23-16-7-10-22(12-14(16)5-6-18(23)25)19(26)15-13-21-8-2-1-4-17(21)20-15/h1-2,4,8,13-14,16,24H,3,5-7,9-12H2. The number of aromatic nitrogens is 2. The van der Waals surface area contributed by atoms with E-state index in [0.717, 1.165) is 18.5 Å². The zero-order valence-corrected chi connectivity index (χ0v) is 14.8. The van der Waals surface area contributed by atoms with Crippen molar-refractivity contribution in [3.63, 3.8) is 0 Å². The summed E-state index contributed by atoms with van der Waals surface area (Å²) in [5.41, 5.74) is 1.24. The maximum absolute atomic E-state index is 12.9. The van der Waals surface area contributed by atoms with Crippen LogP contribution in [-0.2, 0) is 4.79 Å². The second-order valence-electron chi connectivity index (χ2n) is 7.16. The van der Waals surface area contributed by atoms with E-state index in [1.54, 1.807) is 6.20 Å². The minimum atomic E-state index is -0.0361. The molecule has 7 nitrogen and oxygen atoms in total. The molecule has 138 valence electrons. The molecule has 0 spiro atoms. The largest absolute Gasteiger partial charge is 0.396 e. The molecule has 0 aromatic carbocycles. The van der Waals surface area contributed by atoms with Crippen LogP contribution in [0.5, 0.6) is 0 Å². The highest BCUT2D eigenvalue weighted by molar-refractivity contribution is 5.93. The lowest BCUT2D eigenvalue weighted by atomic mass is 9.83. The number of fused-ring (bicyclic) bond motifs is 2. The summed E-state index contributed by atoms with van der Waals surface area (Å²) >= 11 is 0. The number of hydrogen-bond donors (Lipinski definition) is 1. The van der Waals surface area contributed by atoms with Crippen LogP contribution in [0, 0.1) is 5.92 Å². The number of hydrogen-bond acceptors (Lipinski definition) is 4. The molecule has 0 radical (unpaired) electrons. The Kier molecular flexibility index (Phi) is 4.63. The molecule has 7 heteroatoms. The van der Waals surface area contributed by atoms with Gasteiger partial charge in [0, 0.05) is 51.1 Å². The van der Waals surface area contributed by atoms with Gasteiger partial charge in [0.15, 0.2) is 0 Å². The summed E-state index contributed by atoms with van der Waals surface area (Å²) in [5.74, 6) is 0.451. The number of nitrogens with zero attached hydrogens (tertiary/aromatic N) is 4. The molecule has 2 aliphatic rings. The Labute approximate surface area is 152 Å². The predicted octanol–water partition coefficient (Wildman–Crippen LogP) is 1.17. The lowest BCUT2D eigenvalue weighted by Crippen LogP contribution is -2.57. The summed E-state index contributed by atoms with van der Waals surface area (Å²) in [5, 5.41) is 9.08. The molecule has 2 unspecified atom stereocenters. The van der Waals surface area contributed by atoms with Crippen LogP contribution in [0.2, 0.25) is 0 Å². The third kappa shape index (κ3) is 3.07. The van der Waals surface area contributed by atoms with Crippen LogP contribution in [0.3, 0.4) is 0 Å². The Morgan fingerprint density at radius 2 is 2.19 bits per heavy atom. The van der Waals surface area contributed by atoms with Crippen LogP contribution < -0.4 is 0 Å². The van der Waals surface area contributed by atoms with Gasteiger partial charge in [0.2, 0.25) is 5.91 Å². The van der Waals surface area contributed by atoms with Crippen molar-refractivity contribution >= 4 is 17.5 Å². The highest BCUT2D eigenvalue weighted by Crippen LogP contribution is 2.32. The summed E-state index contributed by atoms with van der Waals surface area (Å²) in [7, 11) is 0. The average Bonchev–Trinajstić information content (AvgIpc) is 3.10. The van der Waals surface area contributed by atoms with E-state index in [0.29, 0.717) is 44.1 Å². The van der Waals surface area contributed by atoms with E-state index in [1.165, 1.54) is 0 Å². The lowest BCUT2D eigenvalue weighted by Gasteiger charge is -2.47. The minimum Gasteiger partial charge on any atom is -0.396 e. The van der Waals surface area contributed by atoms with Crippen molar-refractivity contribution in [2.75, 3.05) is 26.2 Å². The third-order valence-electron chi connectivity index (χ3n) is 5.57. The van der Waals surface area contributed by atoms with Gasteiger partial charge >= 0.3 is 0 Å². The molecule has 1 N–H and O–H groups in total. The number of piperidine rings is 2. The van der Waals surface area contributed by atoms with Crippen molar-refractivity contribution in [1.29, 1.82) is 0 Å². The molecule has 0 bridgehead atoms. The summed E-state index contributed by atoms with van der Waals surface area (Å²) in [6.45, 7) is 2.01. The molecule has 2 aliphatic heterocycles. The van der Waals surface area contributed by atoms with Crippen LogP contribution in [0.25, 0.3) is 5.65 Å². The Bertz CT molecular complexity index is 785. The first-order valence-corrected chi connectivity index (χ1v) is 9.30. The Balaban J connectivity index is 1.47. The van der Waals surface area contributed by atoms with Crippen LogP contribution >= 0.6 is 0 Å². The van der Waals surface area contributed by atoms with E-state index in [-0.39, 0.29) is 24.5 Å². The van der Waals surface area contributed by atoms with E-state index >= 15 is 0 Å². The highest BCUT2D eigenvalue weighted by atomic mass is 16.3. The number of carbonyl (C=O) groups excluding carboxylic acids is 2. The summed E-state index contributed by atoms with van der Waals surface area (Å²) in [4.78, 5) is 33.4. The number of pyridine rings is 1. The van der Waals surface area contributed by atoms with Gasteiger partial charge in [-0.2, -0.15) is 0 Å². The fourth-order valence-electron chi connectivity index (χ4n) is 4.27. The van der Waals surface area contributed by atoms with Crippen molar-refractivity contribution in [1.82, 2.24) is 19.2 Å². The second-order valence-corrected chi connectivity index (χ2v) is 7.16. The molecule has 4 rings (SSSR count). The predicted molar refractivity (Wildman–Crippen MR) is 95.6 cm³/mol. The van der Waals surface area contributed by atoms with Gasteiger partial charge in [-0.1, -0.05) is 6.07 Å². The number of aliphatic hydroxyl groups excluding tert-OH is 1. The number of carbonyl (C=O) groups is 2. The number of rotatable bonds is 4. The molecule has 2 aromatic heterocycles. The van der Waals surface area contributed by atoms with Gasteiger partial charge in [0.25, 0.3) is 5.91 Å². The van der Waals surface area contributed by atoms with Crippen molar-refractivity contribution in [2.24, 2.45) is 5.92 Å². The van der Waals surface area contributed by atoms with Gasteiger partial charge in [-0.3, -0.25) is 9.59 Å². The Morgan fingerprint density at radius 1 is 1.31 bits per heavy atom. The van der Waals surface area contributed by atoms with E-state index in [9.17, 15) is 9.59 Å². The van der Waals surface area contributed by atoms with Crippen molar-refractivity contribution in [2.45, 2.75) is 31.7 Å². The summed E-state index contributed by atoms with van der Waals surface area (Å²) in [6.07, 6.45) is 6.43. The maximum Gasteiger partial charge on any atom is 0.274 e. The van der Waals surface area contributed by atoms with Crippen LogP contribution in [-0.4, -0.2) is 68.4 Å². The fourth-order valence-corrected chi connectivity index (χ4v) is 4.27. The first-order chi connectivity index (χ1) is 12.7. The molecule has 26 heavy (non-hydrogen) atoms. The van der Waals surface area contributed by atoms with Gasteiger partial charge in [0.05, 0.1) is 0 Å². The third-order valence-corrected chi connectivity index (χ3v) is 5.57. The van der Waals surface area contributed by atoms with Gasteiger partial charge in [-0.25, -0.2) is 4.98 Å². The monoisotopic (exact) mass is 356 g/mol. The van der Waals surface area contributed by atoms with Gasteiger partial charge in [0.1, 0.15) is 11.3 Å². The van der Waals surface area contributed by atoms with Gasteiger partial charge in [-0.05, 0) is 37.3 Å². The zero-order chi connectivity index (χ0) is 18.1. The van der Waals surface area contributed by atoms with Gasteiger partial charge < -0.3 is 19.3 Å². The smallest absolute Gasteiger partial charge is 0.274 e. The van der Waals surface area contributed by atoms with Crippen molar-refractivity contribution in [3.8, 4) is 0 Å². The van der Waals surface area contributed by atoms with Crippen LogP contribution in [0.15, 0.2) is 30.6 Å². The van der Waals surface area contributed by atoms with Crippen molar-refractivity contribution in [3.05, 3.63) is 36.3 Å². The topological polar surface area (TPSA) is 78.2 Å². The van der Waals surface area contributed by atoms with E-state index in [1.807, 2.05) is 38.6 Å². The molecule has 2 aromatic rings. The maximum atomic E-state index is 12.9. The molecule has 2 atom stereocenters. The number of likely N-dealkylation sites (tertiary alicyclic amines) is 2. The minimum absolute atomic E-state index is 0.0361. The normalized spacial score (nSPS) is 23.3. The molecule has 4 heterocycles. The van der Waals surface area contributed by atoms with Gasteiger partial charge in [-0.15, -0.1) is 0 Å². The molecule has 2 amide bonds. The zero-order valence-electron chi connectivity index (χ0n) is 14.8. The summed E-state index contributed by atoms with van der Waals surface area (Å²) < 4.78 is 1.86. The molecule has 2 fully saturated rings. The van der Waals surface area contributed by atoms with Crippen LogP contribution in [0.1, 0.15) is 36.2 Å². The molecule has 0 aliphatic carbocycles. The highest BCUT2D eigenvalue weighted by Gasteiger charge is 2.40. The van der Waals surface area contributed by atoms with E-state index in [2.05, 4.69) is 4.98 Å². The first kappa shape index (κ1) is 17.0. The Hall–Kier alpha value is -2.41. The summed E-state index contributed by atoms with van der Waals surface area (Å²) in [6, 6.07) is 5.89.